The standard InChI is InChI=1S/C19H20ClNO2/c1-3-21(13-7-10-15-8-5-4-6-9-15)19(22)17-12-11-16(20)14-18(17)23-2/h4-12,14H,3,13H2,1-2H3/b10-7+. The van der Waals surface area contributed by atoms with Crippen molar-refractivity contribution in [3.63, 3.8) is 0 Å². The number of benzene rings is 2. The van der Waals surface area contributed by atoms with E-state index in [4.69, 9.17) is 16.3 Å². The van der Waals surface area contributed by atoms with E-state index in [1.807, 2.05) is 49.4 Å². The van der Waals surface area contributed by atoms with Gasteiger partial charge in [0.2, 0.25) is 0 Å². The Kier molecular flexibility index (Phi) is 6.24. The third-order valence-electron chi connectivity index (χ3n) is 3.50. The smallest absolute Gasteiger partial charge is 0.257 e. The van der Waals surface area contributed by atoms with E-state index >= 15 is 0 Å². The van der Waals surface area contributed by atoms with Crippen LogP contribution in [-0.4, -0.2) is 31.0 Å². The van der Waals surface area contributed by atoms with Crippen LogP contribution in [0, 0.1) is 0 Å². The fourth-order valence-corrected chi connectivity index (χ4v) is 2.41. The highest BCUT2D eigenvalue weighted by Crippen LogP contribution is 2.24. The topological polar surface area (TPSA) is 29.5 Å². The number of likely N-dealkylation sites (N-methyl/N-ethyl adjacent to an activating group) is 1. The summed E-state index contributed by atoms with van der Waals surface area (Å²) in [6.07, 6.45) is 3.99. The summed E-state index contributed by atoms with van der Waals surface area (Å²) in [5.74, 6) is 0.423. The van der Waals surface area contributed by atoms with Crippen molar-refractivity contribution in [3.8, 4) is 5.75 Å². The second-order valence-corrected chi connectivity index (χ2v) is 5.44. The predicted molar refractivity (Wildman–Crippen MR) is 95.1 cm³/mol. The Morgan fingerprint density at radius 1 is 1.22 bits per heavy atom. The molecule has 1 amide bonds. The van der Waals surface area contributed by atoms with Crippen LogP contribution in [0.2, 0.25) is 5.02 Å². The number of hydrogen-bond donors (Lipinski definition) is 0. The minimum Gasteiger partial charge on any atom is -0.496 e. The Hall–Kier alpha value is -2.26. The van der Waals surface area contributed by atoms with Gasteiger partial charge in [0, 0.05) is 18.1 Å². The number of amides is 1. The number of methoxy groups -OCH3 is 1. The molecule has 2 aromatic carbocycles. The third kappa shape index (κ3) is 4.60. The zero-order valence-corrected chi connectivity index (χ0v) is 14.1. The van der Waals surface area contributed by atoms with Gasteiger partial charge >= 0.3 is 0 Å². The molecule has 0 saturated carbocycles. The monoisotopic (exact) mass is 329 g/mol. The average molecular weight is 330 g/mol. The number of hydrogen-bond acceptors (Lipinski definition) is 2. The molecule has 0 bridgehead atoms. The molecule has 0 aliphatic carbocycles. The van der Waals surface area contributed by atoms with Crippen LogP contribution in [0.3, 0.4) is 0 Å². The first-order chi connectivity index (χ1) is 11.2. The Morgan fingerprint density at radius 2 is 1.96 bits per heavy atom. The molecule has 4 heteroatoms. The molecule has 0 aromatic heterocycles. The lowest BCUT2D eigenvalue weighted by Crippen LogP contribution is -2.31. The second-order valence-electron chi connectivity index (χ2n) is 5.00. The van der Waals surface area contributed by atoms with E-state index in [2.05, 4.69) is 0 Å². The highest BCUT2D eigenvalue weighted by atomic mass is 35.5. The summed E-state index contributed by atoms with van der Waals surface area (Å²) in [7, 11) is 1.54. The fraction of sp³-hybridized carbons (Fsp3) is 0.211. The summed E-state index contributed by atoms with van der Waals surface area (Å²) < 4.78 is 5.27. The molecule has 0 aliphatic heterocycles. The predicted octanol–water partition coefficient (Wildman–Crippen LogP) is 4.52. The SMILES string of the molecule is CCN(C/C=C/c1ccccc1)C(=O)c1ccc(Cl)cc1OC. The third-order valence-corrected chi connectivity index (χ3v) is 3.73. The number of carbonyl (C=O) groups is 1. The van der Waals surface area contributed by atoms with Gasteiger partial charge in [-0.15, -0.1) is 0 Å². The summed E-state index contributed by atoms with van der Waals surface area (Å²) in [4.78, 5) is 14.4. The molecule has 0 unspecified atom stereocenters. The molecular formula is C19H20ClNO2. The summed E-state index contributed by atoms with van der Waals surface area (Å²) in [6.45, 7) is 3.11. The van der Waals surface area contributed by atoms with E-state index in [0.717, 1.165) is 5.56 Å². The molecule has 0 fully saturated rings. The van der Waals surface area contributed by atoms with Gasteiger partial charge in [-0.25, -0.2) is 0 Å². The number of nitrogens with zero attached hydrogens (tertiary/aromatic N) is 1. The number of halogens is 1. The number of rotatable bonds is 6. The van der Waals surface area contributed by atoms with Gasteiger partial charge in [0.1, 0.15) is 5.75 Å². The zero-order chi connectivity index (χ0) is 16.7. The van der Waals surface area contributed by atoms with Gasteiger partial charge in [-0.3, -0.25) is 4.79 Å². The lowest BCUT2D eigenvalue weighted by atomic mass is 10.1. The van der Waals surface area contributed by atoms with Crippen LogP contribution in [-0.2, 0) is 0 Å². The van der Waals surface area contributed by atoms with Crippen LogP contribution in [0.1, 0.15) is 22.8 Å². The molecule has 0 heterocycles. The van der Waals surface area contributed by atoms with Gasteiger partial charge in [0.05, 0.1) is 12.7 Å². The normalized spacial score (nSPS) is 10.7. The maximum absolute atomic E-state index is 12.7. The van der Waals surface area contributed by atoms with Crippen molar-refractivity contribution in [2.75, 3.05) is 20.2 Å². The van der Waals surface area contributed by atoms with E-state index in [9.17, 15) is 4.79 Å². The van der Waals surface area contributed by atoms with Crippen molar-refractivity contribution in [2.24, 2.45) is 0 Å². The van der Waals surface area contributed by atoms with Crippen LogP contribution in [0.5, 0.6) is 5.75 Å². The number of carbonyl (C=O) groups excluding carboxylic acids is 1. The van der Waals surface area contributed by atoms with Crippen molar-refractivity contribution in [2.45, 2.75) is 6.92 Å². The maximum Gasteiger partial charge on any atom is 0.257 e. The van der Waals surface area contributed by atoms with Gasteiger partial charge in [0.25, 0.3) is 5.91 Å². The Bertz CT molecular complexity index is 683. The largest absolute Gasteiger partial charge is 0.496 e. The lowest BCUT2D eigenvalue weighted by molar-refractivity contribution is 0.0779. The minimum absolute atomic E-state index is 0.0706. The average Bonchev–Trinajstić information content (AvgIpc) is 2.59. The van der Waals surface area contributed by atoms with Crippen LogP contribution >= 0.6 is 11.6 Å². The van der Waals surface area contributed by atoms with E-state index in [-0.39, 0.29) is 5.91 Å². The molecule has 23 heavy (non-hydrogen) atoms. The van der Waals surface area contributed by atoms with Crippen LogP contribution < -0.4 is 4.74 Å². The van der Waals surface area contributed by atoms with E-state index in [0.29, 0.717) is 29.4 Å². The Balaban J connectivity index is 2.11. The van der Waals surface area contributed by atoms with E-state index in [1.165, 1.54) is 7.11 Å². The summed E-state index contributed by atoms with van der Waals surface area (Å²) >= 11 is 5.95. The van der Waals surface area contributed by atoms with Crippen LogP contribution in [0.25, 0.3) is 6.08 Å². The first-order valence-corrected chi connectivity index (χ1v) is 7.88. The van der Waals surface area contributed by atoms with E-state index < -0.39 is 0 Å². The van der Waals surface area contributed by atoms with Crippen molar-refractivity contribution in [3.05, 3.63) is 70.8 Å². The van der Waals surface area contributed by atoms with Crippen molar-refractivity contribution in [1.29, 1.82) is 0 Å². The molecule has 3 nitrogen and oxygen atoms in total. The molecule has 0 spiro atoms. The van der Waals surface area contributed by atoms with Crippen molar-refractivity contribution >= 4 is 23.6 Å². The highest BCUT2D eigenvalue weighted by Gasteiger charge is 2.17. The van der Waals surface area contributed by atoms with Crippen LogP contribution in [0.4, 0.5) is 0 Å². The van der Waals surface area contributed by atoms with Gasteiger partial charge in [-0.05, 0) is 30.7 Å². The molecule has 2 aromatic rings. The summed E-state index contributed by atoms with van der Waals surface area (Å²) in [5, 5.41) is 0.547. The molecule has 2 rings (SSSR count). The summed E-state index contributed by atoms with van der Waals surface area (Å²) in [6, 6.07) is 15.1. The van der Waals surface area contributed by atoms with Gasteiger partial charge < -0.3 is 9.64 Å². The highest BCUT2D eigenvalue weighted by molar-refractivity contribution is 6.30. The van der Waals surface area contributed by atoms with Crippen molar-refractivity contribution in [1.82, 2.24) is 4.90 Å². The molecule has 0 aliphatic rings. The molecule has 0 N–H and O–H groups in total. The Morgan fingerprint density at radius 3 is 2.61 bits per heavy atom. The molecule has 0 radical (unpaired) electrons. The lowest BCUT2D eigenvalue weighted by Gasteiger charge is -2.20. The quantitative estimate of drug-likeness (QED) is 0.779. The molecule has 120 valence electrons. The van der Waals surface area contributed by atoms with Gasteiger partial charge in [0.15, 0.2) is 0 Å². The zero-order valence-electron chi connectivity index (χ0n) is 13.3. The minimum atomic E-state index is -0.0706. The Labute approximate surface area is 142 Å². The van der Waals surface area contributed by atoms with E-state index in [1.54, 1.807) is 23.1 Å². The maximum atomic E-state index is 12.7. The second kappa shape index (κ2) is 8.39. The van der Waals surface area contributed by atoms with Crippen LogP contribution in [0.15, 0.2) is 54.6 Å². The van der Waals surface area contributed by atoms with Crippen molar-refractivity contribution < 1.29 is 9.53 Å². The molecule has 0 atom stereocenters. The first kappa shape index (κ1) is 17.1. The first-order valence-electron chi connectivity index (χ1n) is 7.50. The van der Waals surface area contributed by atoms with Gasteiger partial charge in [-0.2, -0.15) is 0 Å². The molecular weight excluding hydrogens is 310 g/mol. The summed E-state index contributed by atoms with van der Waals surface area (Å²) in [5.41, 5.74) is 1.63. The fourth-order valence-electron chi connectivity index (χ4n) is 2.25. The van der Waals surface area contributed by atoms with Gasteiger partial charge in [-0.1, -0.05) is 54.1 Å². The molecule has 0 saturated heterocycles. The number of ether oxygens (including phenoxy) is 1.